The van der Waals surface area contributed by atoms with Crippen LogP contribution in [-0.2, 0) is 11.3 Å². The molecule has 0 unspecified atom stereocenters. The van der Waals surface area contributed by atoms with Crippen molar-refractivity contribution in [1.29, 1.82) is 0 Å². The van der Waals surface area contributed by atoms with Crippen LogP contribution in [0.15, 0.2) is 53.3 Å². The minimum absolute atomic E-state index is 0.0412. The zero-order chi connectivity index (χ0) is 26.1. The molecule has 0 fully saturated rings. The fraction of sp³-hybridized carbons (Fsp3) is 0.222. The van der Waals surface area contributed by atoms with Crippen LogP contribution in [0.3, 0.4) is 0 Å². The molecule has 4 aromatic rings. The van der Waals surface area contributed by atoms with E-state index in [0.29, 0.717) is 43.9 Å². The first-order valence-corrected chi connectivity index (χ1v) is 12.4. The fourth-order valence-electron chi connectivity index (χ4n) is 4.10. The normalized spacial score (nSPS) is 11.2. The first kappa shape index (κ1) is 26.0. The van der Waals surface area contributed by atoms with Gasteiger partial charge in [-0.2, -0.15) is 0 Å². The Kier molecular flexibility index (Phi) is 7.59. The highest BCUT2D eigenvalue weighted by molar-refractivity contribution is 6.36. The van der Waals surface area contributed by atoms with Gasteiger partial charge in [-0.1, -0.05) is 60.8 Å². The van der Waals surface area contributed by atoms with E-state index < -0.39 is 0 Å². The molecule has 0 spiro atoms. The molecule has 1 amide bonds. The van der Waals surface area contributed by atoms with Crippen LogP contribution < -0.4 is 15.6 Å². The van der Waals surface area contributed by atoms with Crippen molar-refractivity contribution in [1.82, 2.24) is 9.55 Å². The minimum Gasteiger partial charge on any atom is -0.490 e. The predicted molar refractivity (Wildman–Crippen MR) is 148 cm³/mol. The van der Waals surface area contributed by atoms with Crippen molar-refractivity contribution in [2.45, 2.75) is 27.3 Å². The van der Waals surface area contributed by atoms with Crippen LogP contribution >= 0.6 is 34.8 Å². The average Bonchev–Trinajstić information content (AvgIpc) is 2.81. The lowest BCUT2D eigenvalue weighted by molar-refractivity contribution is -0.114. The molecule has 0 saturated carbocycles. The zero-order valence-corrected chi connectivity index (χ0v) is 22.4. The predicted octanol–water partition coefficient (Wildman–Crippen LogP) is 7.31. The summed E-state index contributed by atoms with van der Waals surface area (Å²) in [6.45, 7) is 5.78. The summed E-state index contributed by atoms with van der Waals surface area (Å²) in [6, 6.07) is 14.4. The molecule has 9 heteroatoms. The Balaban J connectivity index is 2.20. The monoisotopic (exact) mass is 543 g/mol. The van der Waals surface area contributed by atoms with Crippen LogP contribution in [0, 0.1) is 5.92 Å². The third kappa shape index (κ3) is 5.07. The van der Waals surface area contributed by atoms with E-state index in [1.165, 1.54) is 14.0 Å². The van der Waals surface area contributed by atoms with Crippen molar-refractivity contribution in [3.05, 3.63) is 74.0 Å². The van der Waals surface area contributed by atoms with Crippen molar-refractivity contribution < 1.29 is 9.53 Å². The summed E-state index contributed by atoms with van der Waals surface area (Å²) in [4.78, 5) is 30.6. The molecule has 0 bridgehead atoms. The van der Waals surface area contributed by atoms with Gasteiger partial charge in [-0.15, -0.1) is 0 Å². The standard InChI is InChI=1S/C27H24Cl3N3O3/c1-14(2)13-33-26-21(24(31-15(3)34)25(36-4)27(33)35)12-20(16-5-7-17(28)8-6-16)23(32-26)19-10-9-18(29)11-22(19)30/h5-12,14H,13H2,1-4H3,(H,31,34). The van der Waals surface area contributed by atoms with Crippen LogP contribution in [0.4, 0.5) is 5.69 Å². The average molecular weight is 545 g/mol. The second kappa shape index (κ2) is 10.5. The summed E-state index contributed by atoms with van der Waals surface area (Å²) >= 11 is 18.9. The van der Waals surface area contributed by atoms with Crippen molar-refractivity contribution in [2.75, 3.05) is 12.4 Å². The zero-order valence-electron chi connectivity index (χ0n) is 20.2. The molecule has 0 aliphatic rings. The largest absolute Gasteiger partial charge is 0.490 e. The van der Waals surface area contributed by atoms with Crippen molar-refractivity contribution in [3.63, 3.8) is 0 Å². The first-order valence-electron chi connectivity index (χ1n) is 11.2. The number of benzene rings is 2. The number of anilines is 1. The summed E-state index contributed by atoms with van der Waals surface area (Å²) in [5.41, 5.74) is 3.03. The Morgan fingerprint density at radius 1 is 1.03 bits per heavy atom. The number of fused-ring (bicyclic) bond motifs is 1. The molecule has 1 N–H and O–H groups in total. The van der Waals surface area contributed by atoms with Crippen molar-refractivity contribution >= 4 is 57.4 Å². The highest BCUT2D eigenvalue weighted by Gasteiger charge is 2.23. The van der Waals surface area contributed by atoms with Crippen LogP contribution in [0.2, 0.25) is 15.1 Å². The second-order valence-corrected chi connectivity index (χ2v) is 10.1. The molecule has 2 aromatic heterocycles. The molecule has 0 atom stereocenters. The van der Waals surface area contributed by atoms with Crippen molar-refractivity contribution in [2.24, 2.45) is 5.92 Å². The Morgan fingerprint density at radius 2 is 1.69 bits per heavy atom. The number of rotatable bonds is 6. The summed E-state index contributed by atoms with van der Waals surface area (Å²) in [5, 5.41) is 4.82. The van der Waals surface area contributed by atoms with Crippen LogP contribution in [0.25, 0.3) is 33.4 Å². The van der Waals surface area contributed by atoms with Crippen LogP contribution in [0.5, 0.6) is 5.75 Å². The van der Waals surface area contributed by atoms with Crippen LogP contribution in [0.1, 0.15) is 20.8 Å². The van der Waals surface area contributed by atoms with E-state index in [1.807, 2.05) is 32.0 Å². The Morgan fingerprint density at radius 3 is 2.28 bits per heavy atom. The number of nitrogens with one attached hydrogen (secondary N) is 1. The Hall–Kier alpha value is -3.06. The number of ether oxygens (including phenoxy) is 1. The lowest BCUT2D eigenvalue weighted by Crippen LogP contribution is -2.27. The van der Waals surface area contributed by atoms with Gasteiger partial charge in [-0.3, -0.25) is 14.2 Å². The van der Waals surface area contributed by atoms with E-state index >= 15 is 0 Å². The van der Waals surface area contributed by atoms with Gasteiger partial charge in [0, 0.05) is 40.0 Å². The van der Waals surface area contributed by atoms with Gasteiger partial charge in [0.2, 0.25) is 11.7 Å². The maximum atomic E-state index is 13.5. The van der Waals surface area contributed by atoms with Gasteiger partial charge in [0.25, 0.3) is 5.56 Å². The van der Waals surface area contributed by atoms with Crippen LogP contribution in [-0.4, -0.2) is 22.6 Å². The highest BCUT2D eigenvalue weighted by atomic mass is 35.5. The molecule has 186 valence electrons. The smallest absolute Gasteiger partial charge is 0.296 e. The van der Waals surface area contributed by atoms with E-state index in [-0.39, 0.29) is 28.8 Å². The van der Waals surface area contributed by atoms with E-state index in [2.05, 4.69) is 5.32 Å². The number of carbonyl (C=O) groups excluding carboxylic acids is 1. The van der Waals surface area contributed by atoms with Gasteiger partial charge in [-0.25, -0.2) is 4.98 Å². The van der Waals surface area contributed by atoms with Gasteiger partial charge >= 0.3 is 0 Å². The summed E-state index contributed by atoms with van der Waals surface area (Å²) < 4.78 is 7.06. The number of carbonyl (C=O) groups is 1. The molecule has 0 saturated heterocycles. The Bertz CT molecular complexity index is 1530. The number of nitrogens with zero attached hydrogens (tertiary/aromatic N) is 2. The SMILES string of the molecule is COc1c(NC(C)=O)c2cc(-c3ccc(Cl)cc3)c(-c3ccc(Cl)cc3Cl)nc2n(CC(C)C)c1=O. The minimum atomic E-state index is -0.387. The maximum Gasteiger partial charge on any atom is 0.296 e. The number of amides is 1. The molecule has 0 aliphatic heterocycles. The number of hydrogen-bond donors (Lipinski definition) is 1. The van der Waals surface area contributed by atoms with Gasteiger partial charge in [0.15, 0.2) is 0 Å². The lowest BCUT2D eigenvalue weighted by Gasteiger charge is -2.20. The molecule has 4 rings (SSSR count). The van der Waals surface area contributed by atoms with Gasteiger partial charge in [0.05, 0.1) is 17.8 Å². The molecule has 0 radical (unpaired) electrons. The van der Waals surface area contributed by atoms with E-state index in [9.17, 15) is 9.59 Å². The Labute approximate surface area is 223 Å². The van der Waals surface area contributed by atoms with Gasteiger partial charge < -0.3 is 10.1 Å². The molecule has 2 aromatic carbocycles. The maximum absolute atomic E-state index is 13.5. The topological polar surface area (TPSA) is 73.2 Å². The molecular formula is C27H24Cl3N3O3. The quantitative estimate of drug-likeness (QED) is 0.276. The van der Waals surface area contributed by atoms with Crippen molar-refractivity contribution in [3.8, 4) is 28.1 Å². The number of methoxy groups -OCH3 is 1. The molecule has 6 nitrogen and oxygen atoms in total. The first-order chi connectivity index (χ1) is 17.1. The molecular weight excluding hydrogens is 521 g/mol. The summed E-state index contributed by atoms with van der Waals surface area (Å²) in [7, 11) is 1.41. The summed E-state index contributed by atoms with van der Waals surface area (Å²) in [5.74, 6) is -0.157. The van der Waals surface area contributed by atoms with Gasteiger partial charge in [0.1, 0.15) is 11.3 Å². The van der Waals surface area contributed by atoms with E-state index in [4.69, 9.17) is 44.5 Å². The third-order valence-electron chi connectivity index (χ3n) is 5.59. The number of hydrogen-bond acceptors (Lipinski definition) is 4. The second-order valence-electron chi connectivity index (χ2n) is 8.79. The molecule has 2 heterocycles. The molecule has 36 heavy (non-hydrogen) atoms. The number of aromatic nitrogens is 2. The number of pyridine rings is 2. The fourth-order valence-corrected chi connectivity index (χ4v) is 4.73. The van der Waals surface area contributed by atoms with E-state index in [0.717, 1.165) is 11.1 Å². The van der Waals surface area contributed by atoms with Gasteiger partial charge in [-0.05, 0) is 47.9 Å². The molecule has 0 aliphatic carbocycles. The summed E-state index contributed by atoms with van der Waals surface area (Å²) in [6.07, 6.45) is 0. The third-order valence-corrected chi connectivity index (χ3v) is 6.39. The van der Waals surface area contributed by atoms with E-state index in [1.54, 1.807) is 34.9 Å². The highest BCUT2D eigenvalue weighted by Crippen LogP contribution is 2.40. The number of halogens is 3. The lowest BCUT2D eigenvalue weighted by atomic mass is 9.97.